The smallest absolute Gasteiger partial charge is 0.335 e. The van der Waals surface area contributed by atoms with E-state index < -0.39 is 0 Å². The van der Waals surface area contributed by atoms with Crippen LogP contribution in [-0.4, -0.2) is 56.7 Å². The SMILES string of the molecule is Nc1ncnc2c1n(-c1ccc(Oc3ccccc3)cc1)c(=O)n2C1CCN(CC2CCC3(CCNCC3)CC2)CC1. The predicted octanol–water partition coefficient (Wildman–Crippen LogP) is 5.15. The molecular formula is C33H41N7O2. The van der Waals surface area contributed by atoms with E-state index >= 15 is 0 Å². The van der Waals surface area contributed by atoms with Crippen molar-refractivity contribution < 1.29 is 4.74 Å². The number of aromatic nitrogens is 4. The Morgan fingerprint density at radius 2 is 1.57 bits per heavy atom. The van der Waals surface area contributed by atoms with Crippen LogP contribution in [0.15, 0.2) is 65.7 Å². The number of hydrogen-bond donors (Lipinski definition) is 2. The number of rotatable bonds is 6. The molecule has 4 heterocycles. The summed E-state index contributed by atoms with van der Waals surface area (Å²) in [6, 6.07) is 17.2. The highest BCUT2D eigenvalue weighted by molar-refractivity contribution is 5.84. The van der Waals surface area contributed by atoms with Crippen molar-refractivity contribution in [3.05, 3.63) is 71.4 Å². The molecule has 2 aliphatic heterocycles. The Hall–Kier alpha value is -3.69. The third-order valence-electron chi connectivity index (χ3n) is 10.0. The maximum absolute atomic E-state index is 14.0. The summed E-state index contributed by atoms with van der Waals surface area (Å²) in [6.45, 7) is 5.57. The predicted molar refractivity (Wildman–Crippen MR) is 165 cm³/mol. The van der Waals surface area contributed by atoms with Gasteiger partial charge in [0, 0.05) is 25.7 Å². The van der Waals surface area contributed by atoms with Crippen molar-refractivity contribution in [1.82, 2.24) is 29.3 Å². The zero-order chi connectivity index (χ0) is 28.5. The van der Waals surface area contributed by atoms with Crippen LogP contribution < -0.4 is 21.5 Å². The minimum absolute atomic E-state index is 0.0804. The zero-order valence-electron chi connectivity index (χ0n) is 24.3. The lowest BCUT2D eigenvalue weighted by Crippen LogP contribution is -2.43. The quantitative estimate of drug-likeness (QED) is 0.332. The van der Waals surface area contributed by atoms with Gasteiger partial charge >= 0.3 is 5.69 Å². The van der Waals surface area contributed by atoms with Crippen LogP contribution in [0.2, 0.25) is 0 Å². The number of anilines is 1. The summed E-state index contributed by atoms with van der Waals surface area (Å²) < 4.78 is 9.47. The normalized spacial score (nSPS) is 20.3. The number of nitrogens with zero attached hydrogens (tertiary/aromatic N) is 5. The molecule has 0 bridgehead atoms. The van der Waals surface area contributed by atoms with Crippen LogP contribution in [0.3, 0.4) is 0 Å². The Labute approximate surface area is 246 Å². The van der Waals surface area contributed by atoms with Gasteiger partial charge in [0.2, 0.25) is 0 Å². The molecule has 3 aliphatic rings. The van der Waals surface area contributed by atoms with Crippen molar-refractivity contribution in [2.24, 2.45) is 11.3 Å². The molecule has 42 heavy (non-hydrogen) atoms. The average Bonchev–Trinajstić information content (AvgIpc) is 3.33. The van der Waals surface area contributed by atoms with Gasteiger partial charge in [0.1, 0.15) is 23.3 Å². The molecule has 2 saturated heterocycles. The Kier molecular flexibility index (Phi) is 7.46. The Bertz CT molecular complexity index is 1560. The van der Waals surface area contributed by atoms with Crippen LogP contribution in [0.5, 0.6) is 11.5 Å². The van der Waals surface area contributed by atoms with Gasteiger partial charge in [0.25, 0.3) is 0 Å². The van der Waals surface area contributed by atoms with E-state index in [-0.39, 0.29) is 11.7 Å². The molecule has 9 nitrogen and oxygen atoms in total. The summed E-state index contributed by atoms with van der Waals surface area (Å²) in [6.07, 6.45) is 11.5. The molecule has 1 spiro atoms. The van der Waals surface area contributed by atoms with Crippen LogP contribution in [0.25, 0.3) is 16.9 Å². The fourth-order valence-electron chi connectivity index (χ4n) is 7.58. The first-order valence-corrected chi connectivity index (χ1v) is 15.6. The van der Waals surface area contributed by atoms with Gasteiger partial charge in [-0.2, -0.15) is 0 Å². The number of nitrogens with two attached hydrogens (primary N) is 1. The number of likely N-dealkylation sites (tertiary alicyclic amines) is 1. The number of imidazole rings is 1. The zero-order valence-corrected chi connectivity index (χ0v) is 24.3. The van der Waals surface area contributed by atoms with Crippen LogP contribution in [0.4, 0.5) is 5.82 Å². The highest BCUT2D eigenvalue weighted by atomic mass is 16.5. The lowest BCUT2D eigenvalue weighted by Gasteiger charge is -2.44. The first-order chi connectivity index (χ1) is 20.6. The summed E-state index contributed by atoms with van der Waals surface area (Å²) in [5.74, 6) is 2.56. The fourth-order valence-corrected chi connectivity index (χ4v) is 7.58. The van der Waals surface area contributed by atoms with E-state index in [0.717, 1.165) is 37.6 Å². The summed E-state index contributed by atoms with van der Waals surface area (Å²) in [5, 5.41) is 3.54. The molecule has 1 aliphatic carbocycles. The van der Waals surface area contributed by atoms with E-state index in [1.54, 1.807) is 4.57 Å². The molecule has 0 amide bonds. The van der Waals surface area contributed by atoms with Crippen LogP contribution in [0, 0.1) is 11.3 Å². The second kappa shape index (κ2) is 11.5. The highest BCUT2D eigenvalue weighted by Gasteiger charge is 2.37. The van der Waals surface area contributed by atoms with Crippen molar-refractivity contribution in [2.45, 2.75) is 57.4 Å². The summed E-state index contributed by atoms with van der Waals surface area (Å²) in [5.41, 5.74) is 8.74. The number of fused-ring (bicyclic) bond motifs is 1. The van der Waals surface area contributed by atoms with Crippen molar-refractivity contribution in [1.29, 1.82) is 0 Å². The van der Waals surface area contributed by atoms with E-state index in [9.17, 15) is 4.79 Å². The number of para-hydroxylation sites is 1. The maximum Gasteiger partial charge on any atom is 0.335 e. The minimum atomic E-state index is -0.119. The van der Waals surface area contributed by atoms with Gasteiger partial charge in [-0.15, -0.1) is 0 Å². The Balaban J connectivity index is 1.06. The lowest BCUT2D eigenvalue weighted by atomic mass is 9.65. The van der Waals surface area contributed by atoms with E-state index in [4.69, 9.17) is 10.5 Å². The van der Waals surface area contributed by atoms with E-state index in [2.05, 4.69) is 20.2 Å². The lowest BCUT2D eigenvalue weighted by molar-refractivity contribution is 0.0788. The number of hydrogen-bond acceptors (Lipinski definition) is 7. The number of piperidine rings is 2. The topological polar surface area (TPSA) is 103 Å². The van der Waals surface area contributed by atoms with Crippen LogP contribution in [0.1, 0.15) is 57.4 Å². The van der Waals surface area contributed by atoms with Gasteiger partial charge in [-0.3, -0.25) is 9.13 Å². The first-order valence-electron chi connectivity index (χ1n) is 15.6. The molecule has 9 heteroatoms. The largest absolute Gasteiger partial charge is 0.457 e. The van der Waals surface area contributed by atoms with Crippen molar-refractivity contribution >= 4 is 17.0 Å². The molecule has 0 radical (unpaired) electrons. The van der Waals surface area contributed by atoms with Gasteiger partial charge in [0.15, 0.2) is 11.5 Å². The molecule has 0 unspecified atom stereocenters. The fraction of sp³-hybridized carbons (Fsp3) is 0.485. The van der Waals surface area contributed by atoms with Gasteiger partial charge in [-0.05, 0) is 112 Å². The van der Waals surface area contributed by atoms with Gasteiger partial charge in [-0.25, -0.2) is 14.8 Å². The van der Waals surface area contributed by atoms with Gasteiger partial charge in [0.05, 0.1) is 5.69 Å². The molecular weight excluding hydrogens is 526 g/mol. The third kappa shape index (κ3) is 5.31. The van der Waals surface area contributed by atoms with Gasteiger partial charge < -0.3 is 20.7 Å². The Morgan fingerprint density at radius 3 is 2.29 bits per heavy atom. The Morgan fingerprint density at radius 1 is 0.881 bits per heavy atom. The molecule has 2 aromatic heterocycles. The van der Waals surface area contributed by atoms with Gasteiger partial charge in [-0.1, -0.05) is 18.2 Å². The van der Waals surface area contributed by atoms with E-state index in [1.165, 1.54) is 64.5 Å². The maximum atomic E-state index is 14.0. The van der Waals surface area contributed by atoms with Crippen molar-refractivity contribution in [2.75, 3.05) is 38.5 Å². The summed E-state index contributed by atoms with van der Waals surface area (Å²) in [7, 11) is 0. The second-order valence-electron chi connectivity index (χ2n) is 12.6. The van der Waals surface area contributed by atoms with Crippen LogP contribution >= 0.6 is 0 Å². The first kappa shape index (κ1) is 27.2. The molecule has 220 valence electrons. The summed E-state index contributed by atoms with van der Waals surface area (Å²) in [4.78, 5) is 25.4. The minimum Gasteiger partial charge on any atom is -0.457 e. The molecule has 7 rings (SSSR count). The van der Waals surface area contributed by atoms with Crippen LogP contribution in [-0.2, 0) is 0 Å². The third-order valence-corrected chi connectivity index (χ3v) is 10.0. The van der Waals surface area contributed by atoms with E-state index in [0.29, 0.717) is 33.8 Å². The number of nitrogen functional groups attached to an aromatic ring is 1. The average molecular weight is 568 g/mol. The summed E-state index contributed by atoms with van der Waals surface area (Å²) >= 11 is 0. The van der Waals surface area contributed by atoms with Crippen molar-refractivity contribution in [3.8, 4) is 17.2 Å². The molecule has 1 saturated carbocycles. The number of ether oxygens (including phenoxy) is 1. The van der Waals surface area contributed by atoms with E-state index in [1.807, 2.05) is 59.2 Å². The second-order valence-corrected chi connectivity index (χ2v) is 12.6. The standard InChI is InChI=1S/C33H41N7O2/c34-30-29-31(37-23-36-30)40(32(41)39(29)25-6-8-28(9-7-25)42-27-4-2-1-3-5-27)26-12-20-38(21-13-26)22-24-10-14-33(15-11-24)16-18-35-19-17-33/h1-9,23-24,26,35H,10-22H2,(H2,34,36,37). The van der Waals surface area contributed by atoms with Crippen molar-refractivity contribution in [3.63, 3.8) is 0 Å². The number of nitrogens with one attached hydrogen (secondary N) is 1. The molecule has 3 fully saturated rings. The highest BCUT2D eigenvalue weighted by Crippen LogP contribution is 2.45. The molecule has 4 aromatic rings. The molecule has 2 aromatic carbocycles. The monoisotopic (exact) mass is 567 g/mol. The molecule has 3 N–H and O–H groups in total. The molecule has 0 atom stereocenters. The number of benzene rings is 2.